The molecule has 1 heterocycles. The summed E-state index contributed by atoms with van der Waals surface area (Å²) in [6.07, 6.45) is -1.02. The summed E-state index contributed by atoms with van der Waals surface area (Å²) in [6.45, 7) is 4.81. The number of nitrogens with zero attached hydrogens (tertiary/aromatic N) is 1. The van der Waals surface area contributed by atoms with Gasteiger partial charge in [0.05, 0.1) is 0 Å². The van der Waals surface area contributed by atoms with Gasteiger partial charge in [0, 0.05) is 12.6 Å². The van der Waals surface area contributed by atoms with E-state index in [0.29, 0.717) is 25.4 Å². The lowest BCUT2D eigenvalue weighted by Crippen LogP contribution is -2.58. The molecule has 2 nitrogen and oxygen atoms in total. The van der Waals surface area contributed by atoms with E-state index < -0.39 is 18.3 Å². The smallest absolute Gasteiger partial charge is 0.326 e. The zero-order valence-electron chi connectivity index (χ0n) is 10.6. The van der Waals surface area contributed by atoms with Crippen molar-refractivity contribution in [2.75, 3.05) is 13.1 Å². The Bertz CT molecular complexity index is 230. The van der Waals surface area contributed by atoms with E-state index in [1.165, 1.54) is 0 Å². The van der Waals surface area contributed by atoms with Gasteiger partial charge in [-0.25, -0.2) is 0 Å². The molecular formula is C12H23F3N2. The van der Waals surface area contributed by atoms with E-state index in [9.17, 15) is 13.2 Å². The van der Waals surface area contributed by atoms with Crippen molar-refractivity contribution in [1.29, 1.82) is 0 Å². The van der Waals surface area contributed by atoms with Crippen molar-refractivity contribution >= 4 is 0 Å². The highest BCUT2D eigenvalue weighted by atomic mass is 19.4. The first-order chi connectivity index (χ1) is 7.90. The second kappa shape index (κ2) is 6.05. The summed E-state index contributed by atoms with van der Waals surface area (Å²) in [5.41, 5.74) is 5.66. The minimum Gasteiger partial charge on any atom is -0.326 e. The monoisotopic (exact) mass is 252 g/mol. The quantitative estimate of drug-likeness (QED) is 0.833. The van der Waals surface area contributed by atoms with Crippen LogP contribution < -0.4 is 5.73 Å². The summed E-state index contributed by atoms with van der Waals surface area (Å²) in [4.78, 5) is 1.55. The lowest BCUT2D eigenvalue weighted by molar-refractivity contribution is -0.193. The van der Waals surface area contributed by atoms with Gasteiger partial charge >= 0.3 is 6.18 Å². The third kappa shape index (κ3) is 3.85. The molecule has 2 N–H and O–H groups in total. The van der Waals surface area contributed by atoms with Gasteiger partial charge in [-0.15, -0.1) is 0 Å². The van der Waals surface area contributed by atoms with Gasteiger partial charge < -0.3 is 5.73 Å². The van der Waals surface area contributed by atoms with Gasteiger partial charge in [-0.2, -0.15) is 13.2 Å². The average Bonchev–Trinajstić information content (AvgIpc) is 2.27. The van der Waals surface area contributed by atoms with E-state index in [-0.39, 0.29) is 0 Å². The number of likely N-dealkylation sites (tertiary alicyclic amines) is 1. The molecule has 17 heavy (non-hydrogen) atoms. The summed E-state index contributed by atoms with van der Waals surface area (Å²) in [6, 6.07) is -2.28. The summed E-state index contributed by atoms with van der Waals surface area (Å²) in [7, 11) is 0. The standard InChI is InChI=1S/C12H23F3N2/c1-3-9-6-5-7-17(8-9)11(10(16)4-2)12(13,14)15/h9-11H,3-8,16H2,1-2H3. The van der Waals surface area contributed by atoms with E-state index in [1.54, 1.807) is 11.8 Å². The van der Waals surface area contributed by atoms with E-state index in [2.05, 4.69) is 0 Å². The predicted molar refractivity (Wildman–Crippen MR) is 62.7 cm³/mol. The van der Waals surface area contributed by atoms with Gasteiger partial charge in [0.25, 0.3) is 0 Å². The van der Waals surface area contributed by atoms with Crippen molar-refractivity contribution in [2.45, 2.75) is 57.8 Å². The Morgan fingerprint density at radius 3 is 2.47 bits per heavy atom. The van der Waals surface area contributed by atoms with E-state index in [4.69, 9.17) is 5.73 Å². The first-order valence-corrected chi connectivity index (χ1v) is 6.46. The lowest BCUT2D eigenvalue weighted by atomic mass is 9.92. The number of rotatable bonds is 4. The fourth-order valence-corrected chi connectivity index (χ4v) is 2.63. The number of halogens is 3. The van der Waals surface area contributed by atoms with Crippen LogP contribution in [-0.2, 0) is 0 Å². The predicted octanol–water partition coefficient (Wildman–Crippen LogP) is 2.78. The van der Waals surface area contributed by atoms with Crippen LogP contribution in [-0.4, -0.2) is 36.2 Å². The van der Waals surface area contributed by atoms with Crippen LogP contribution in [0.25, 0.3) is 0 Å². The molecule has 0 aromatic carbocycles. The fourth-order valence-electron chi connectivity index (χ4n) is 2.63. The van der Waals surface area contributed by atoms with Gasteiger partial charge in [0.1, 0.15) is 6.04 Å². The third-order valence-electron chi connectivity index (χ3n) is 3.73. The van der Waals surface area contributed by atoms with E-state index in [1.807, 2.05) is 6.92 Å². The van der Waals surface area contributed by atoms with Crippen molar-refractivity contribution in [2.24, 2.45) is 11.7 Å². The van der Waals surface area contributed by atoms with Crippen LogP contribution in [0.2, 0.25) is 0 Å². The molecular weight excluding hydrogens is 229 g/mol. The zero-order chi connectivity index (χ0) is 13.1. The Morgan fingerprint density at radius 2 is 2.00 bits per heavy atom. The molecule has 1 fully saturated rings. The van der Waals surface area contributed by atoms with Gasteiger partial charge in [-0.3, -0.25) is 4.90 Å². The number of nitrogens with two attached hydrogens (primary N) is 1. The molecule has 3 unspecified atom stereocenters. The van der Waals surface area contributed by atoms with Crippen LogP contribution in [0.4, 0.5) is 13.2 Å². The van der Waals surface area contributed by atoms with Crippen molar-refractivity contribution in [3.05, 3.63) is 0 Å². The molecule has 5 heteroatoms. The number of hydrogen-bond acceptors (Lipinski definition) is 2. The maximum Gasteiger partial charge on any atom is 0.405 e. The largest absolute Gasteiger partial charge is 0.405 e. The molecule has 0 amide bonds. The molecule has 0 aliphatic carbocycles. The minimum absolute atomic E-state index is 0.359. The summed E-state index contributed by atoms with van der Waals surface area (Å²) in [5, 5.41) is 0. The van der Waals surface area contributed by atoms with Crippen LogP contribution in [0.15, 0.2) is 0 Å². The van der Waals surface area contributed by atoms with E-state index >= 15 is 0 Å². The molecule has 0 radical (unpaired) electrons. The Kier molecular flexibility index (Phi) is 5.25. The van der Waals surface area contributed by atoms with E-state index in [0.717, 1.165) is 19.3 Å². The van der Waals surface area contributed by atoms with Crippen LogP contribution in [0, 0.1) is 5.92 Å². The molecule has 1 aliphatic heterocycles. The Hall–Kier alpha value is -0.290. The maximum absolute atomic E-state index is 13.1. The lowest BCUT2D eigenvalue weighted by Gasteiger charge is -2.41. The topological polar surface area (TPSA) is 29.3 Å². The van der Waals surface area contributed by atoms with Crippen LogP contribution in [0.3, 0.4) is 0 Å². The molecule has 1 saturated heterocycles. The van der Waals surface area contributed by atoms with Crippen LogP contribution >= 0.6 is 0 Å². The van der Waals surface area contributed by atoms with Gasteiger partial charge in [0.15, 0.2) is 0 Å². The van der Waals surface area contributed by atoms with Crippen molar-refractivity contribution in [3.63, 3.8) is 0 Å². The Morgan fingerprint density at radius 1 is 1.35 bits per heavy atom. The molecule has 1 aliphatic rings. The van der Waals surface area contributed by atoms with Crippen molar-refractivity contribution in [1.82, 2.24) is 4.90 Å². The first kappa shape index (κ1) is 14.8. The van der Waals surface area contributed by atoms with Gasteiger partial charge in [-0.1, -0.05) is 20.3 Å². The number of piperidine rings is 1. The van der Waals surface area contributed by atoms with Crippen LogP contribution in [0.1, 0.15) is 39.5 Å². The molecule has 0 aromatic rings. The second-order valence-corrected chi connectivity index (χ2v) is 4.97. The highest BCUT2D eigenvalue weighted by molar-refractivity contribution is 4.90. The molecule has 0 aromatic heterocycles. The SMILES string of the molecule is CCC1CCCN(C(C(N)CC)C(F)(F)F)C1. The third-order valence-corrected chi connectivity index (χ3v) is 3.73. The number of hydrogen-bond donors (Lipinski definition) is 1. The maximum atomic E-state index is 13.1. The van der Waals surface area contributed by atoms with Crippen LogP contribution in [0.5, 0.6) is 0 Å². The van der Waals surface area contributed by atoms with Gasteiger partial charge in [-0.05, 0) is 31.7 Å². The molecule has 3 atom stereocenters. The fraction of sp³-hybridized carbons (Fsp3) is 1.00. The second-order valence-electron chi connectivity index (χ2n) is 4.97. The zero-order valence-corrected chi connectivity index (χ0v) is 10.6. The minimum atomic E-state index is -4.22. The average molecular weight is 252 g/mol. The molecule has 0 bridgehead atoms. The summed E-state index contributed by atoms with van der Waals surface area (Å²) in [5.74, 6) is 0.387. The summed E-state index contributed by atoms with van der Waals surface area (Å²) >= 11 is 0. The first-order valence-electron chi connectivity index (χ1n) is 6.46. The van der Waals surface area contributed by atoms with Crippen molar-refractivity contribution in [3.8, 4) is 0 Å². The highest BCUT2D eigenvalue weighted by Gasteiger charge is 2.47. The normalized spacial score (nSPS) is 26.8. The highest BCUT2D eigenvalue weighted by Crippen LogP contribution is 2.31. The summed E-state index contributed by atoms with van der Waals surface area (Å²) < 4.78 is 39.2. The molecule has 0 saturated carbocycles. The van der Waals surface area contributed by atoms with Crippen molar-refractivity contribution < 1.29 is 13.2 Å². The van der Waals surface area contributed by atoms with Gasteiger partial charge in [0.2, 0.25) is 0 Å². The Labute approximate surface area is 101 Å². The number of alkyl halides is 3. The molecule has 102 valence electrons. The molecule has 0 spiro atoms. The molecule has 1 rings (SSSR count). The Balaban J connectivity index is 2.76.